The molecule has 3 aromatic rings. The highest BCUT2D eigenvalue weighted by Gasteiger charge is 2.16. The third kappa shape index (κ3) is 5.17. The van der Waals surface area contributed by atoms with Crippen molar-refractivity contribution in [3.8, 4) is 28.5 Å². The third-order valence-corrected chi connectivity index (χ3v) is 4.95. The minimum atomic E-state index is -3.00. The monoisotopic (exact) mass is 454 g/mol. The Morgan fingerprint density at radius 1 is 1.20 bits per heavy atom. The van der Waals surface area contributed by atoms with Gasteiger partial charge in [-0.2, -0.15) is 8.78 Å². The van der Waals surface area contributed by atoms with Crippen LogP contribution in [0.2, 0.25) is 5.02 Å². The quantitative estimate of drug-likeness (QED) is 0.471. The lowest BCUT2D eigenvalue weighted by atomic mass is 10.2. The van der Waals surface area contributed by atoms with E-state index in [4.69, 9.17) is 21.1 Å². The Balaban J connectivity index is 1.76. The average molecular weight is 455 g/mol. The van der Waals surface area contributed by atoms with Crippen LogP contribution in [0, 0.1) is 0 Å². The first kappa shape index (κ1) is 21.8. The Labute approximate surface area is 180 Å². The van der Waals surface area contributed by atoms with Gasteiger partial charge in [-0.05, 0) is 43.3 Å². The van der Waals surface area contributed by atoms with E-state index in [1.165, 1.54) is 36.6 Å². The van der Waals surface area contributed by atoms with E-state index in [2.05, 4.69) is 15.0 Å². The van der Waals surface area contributed by atoms with Gasteiger partial charge in [0.2, 0.25) is 0 Å². The molecule has 1 N–H and O–H groups in total. The fourth-order valence-electron chi connectivity index (χ4n) is 2.57. The first-order chi connectivity index (χ1) is 14.4. The Morgan fingerprint density at radius 3 is 2.63 bits per heavy atom. The summed E-state index contributed by atoms with van der Waals surface area (Å²) >= 11 is 7.38. The molecule has 30 heavy (non-hydrogen) atoms. The standard InChI is InChI=1S/C20H17ClF2N2O4S/c1-3-28-17-9-12(5-7-16(17)29-19(22)23)18(26)25-20-24-14(10-30-20)11-4-6-15(27-2)13(21)8-11/h4-10,19H,3H2,1-2H3,(H,24,25,26). The molecule has 0 saturated heterocycles. The van der Waals surface area contributed by atoms with Crippen LogP contribution in [0.4, 0.5) is 13.9 Å². The van der Waals surface area contributed by atoms with Gasteiger partial charge in [-0.15, -0.1) is 11.3 Å². The fourth-order valence-corrected chi connectivity index (χ4v) is 3.54. The number of nitrogens with one attached hydrogen (secondary N) is 1. The number of hydrogen-bond donors (Lipinski definition) is 1. The van der Waals surface area contributed by atoms with Crippen LogP contribution >= 0.6 is 22.9 Å². The molecule has 2 aromatic carbocycles. The number of methoxy groups -OCH3 is 1. The highest BCUT2D eigenvalue weighted by molar-refractivity contribution is 7.14. The van der Waals surface area contributed by atoms with Gasteiger partial charge in [-0.3, -0.25) is 10.1 Å². The van der Waals surface area contributed by atoms with Gasteiger partial charge in [0.05, 0.1) is 24.4 Å². The second-order valence-corrected chi connectivity index (χ2v) is 7.08. The maximum absolute atomic E-state index is 12.6. The second-order valence-electron chi connectivity index (χ2n) is 5.81. The van der Waals surface area contributed by atoms with Crippen LogP contribution in [0.3, 0.4) is 0 Å². The molecule has 0 fully saturated rings. The summed E-state index contributed by atoms with van der Waals surface area (Å²) < 4.78 is 39.9. The van der Waals surface area contributed by atoms with Gasteiger partial charge >= 0.3 is 6.61 Å². The Morgan fingerprint density at radius 2 is 1.97 bits per heavy atom. The summed E-state index contributed by atoms with van der Waals surface area (Å²) in [7, 11) is 1.53. The van der Waals surface area contributed by atoms with Crippen LogP contribution in [-0.4, -0.2) is 31.2 Å². The van der Waals surface area contributed by atoms with E-state index in [0.717, 1.165) is 5.56 Å². The van der Waals surface area contributed by atoms with E-state index in [1.54, 1.807) is 24.4 Å². The highest BCUT2D eigenvalue weighted by Crippen LogP contribution is 2.33. The summed E-state index contributed by atoms with van der Waals surface area (Å²) in [5.41, 5.74) is 1.62. The molecule has 1 aromatic heterocycles. The largest absolute Gasteiger partial charge is 0.495 e. The van der Waals surface area contributed by atoms with E-state index in [-0.39, 0.29) is 23.7 Å². The van der Waals surface area contributed by atoms with E-state index in [1.807, 2.05) is 6.07 Å². The lowest BCUT2D eigenvalue weighted by molar-refractivity contribution is -0.0514. The zero-order valence-corrected chi connectivity index (χ0v) is 17.5. The maximum atomic E-state index is 12.6. The van der Waals surface area contributed by atoms with Crippen LogP contribution in [-0.2, 0) is 0 Å². The molecule has 1 heterocycles. The van der Waals surface area contributed by atoms with Crippen molar-refractivity contribution >= 4 is 34.0 Å². The Bertz CT molecular complexity index is 1050. The van der Waals surface area contributed by atoms with Gasteiger partial charge in [0.1, 0.15) is 5.75 Å². The topological polar surface area (TPSA) is 69.7 Å². The number of carbonyl (C=O) groups is 1. The molecular formula is C20H17ClF2N2O4S. The zero-order valence-electron chi connectivity index (χ0n) is 15.9. The van der Waals surface area contributed by atoms with Crippen molar-refractivity contribution in [1.29, 1.82) is 0 Å². The van der Waals surface area contributed by atoms with Gasteiger partial charge in [-0.1, -0.05) is 11.6 Å². The van der Waals surface area contributed by atoms with Gasteiger partial charge in [0, 0.05) is 16.5 Å². The normalized spacial score (nSPS) is 10.7. The van der Waals surface area contributed by atoms with Crippen LogP contribution in [0.5, 0.6) is 17.2 Å². The predicted molar refractivity (Wildman–Crippen MR) is 111 cm³/mol. The summed E-state index contributed by atoms with van der Waals surface area (Å²) in [4.78, 5) is 17.0. The van der Waals surface area contributed by atoms with Crippen molar-refractivity contribution < 1.29 is 27.8 Å². The number of carbonyl (C=O) groups excluding carboxylic acids is 1. The molecule has 1 amide bonds. The number of benzene rings is 2. The van der Waals surface area contributed by atoms with Crippen molar-refractivity contribution in [2.24, 2.45) is 0 Å². The molecule has 0 atom stereocenters. The molecule has 0 radical (unpaired) electrons. The van der Waals surface area contributed by atoms with Gasteiger partial charge in [-0.25, -0.2) is 4.98 Å². The molecule has 0 aliphatic rings. The molecule has 0 saturated carbocycles. The maximum Gasteiger partial charge on any atom is 0.387 e. The van der Waals surface area contributed by atoms with E-state index < -0.39 is 12.5 Å². The molecule has 10 heteroatoms. The second kappa shape index (κ2) is 9.73. The van der Waals surface area contributed by atoms with Crippen molar-refractivity contribution in [2.75, 3.05) is 19.0 Å². The number of hydrogen-bond acceptors (Lipinski definition) is 6. The lowest BCUT2D eigenvalue weighted by Gasteiger charge is -2.12. The van der Waals surface area contributed by atoms with Crippen molar-refractivity contribution in [3.63, 3.8) is 0 Å². The molecule has 0 bridgehead atoms. The number of aromatic nitrogens is 1. The summed E-state index contributed by atoms with van der Waals surface area (Å²) in [6, 6.07) is 9.23. The molecule has 0 aliphatic carbocycles. The zero-order chi connectivity index (χ0) is 21.7. The summed E-state index contributed by atoms with van der Waals surface area (Å²) in [5.74, 6) is -0.00349. The molecule has 6 nitrogen and oxygen atoms in total. The lowest BCUT2D eigenvalue weighted by Crippen LogP contribution is -2.12. The molecule has 0 unspecified atom stereocenters. The van der Waals surface area contributed by atoms with Crippen molar-refractivity contribution in [3.05, 3.63) is 52.4 Å². The number of alkyl halides is 2. The number of anilines is 1. The summed E-state index contributed by atoms with van der Waals surface area (Å²) in [6.07, 6.45) is 0. The molecule has 158 valence electrons. The minimum Gasteiger partial charge on any atom is -0.495 e. The summed E-state index contributed by atoms with van der Waals surface area (Å²) in [5, 5.41) is 5.27. The Kier molecular flexibility index (Phi) is 7.07. The van der Waals surface area contributed by atoms with Gasteiger partial charge < -0.3 is 14.2 Å². The van der Waals surface area contributed by atoms with E-state index >= 15 is 0 Å². The van der Waals surface area contributed by atoms with Crippen molar-refractivity contribution in [2.45, 2.75) is 13.5 Å². The molecule has 3 rings (SSSR count). The van der Waals surface area contributed by atoms with E-state index in [0.29, 0.717) is 21.6 Å². The molecule has 0 aliphatic heterocycles. The Hall–Kier alpha value is -2.91. The first-order valence-corrected chi connectivity index (χ1v) is 9.99. The van der Waals surface area contributed by atoms with Crippen molar-refractivity contribution in [1.82, 2.24) is 4.98 Å². The predicted octanol–water partition coefficient (Wildman–Crippen LogP) is 5.72. The van der Waals surface area contributed by atoms with E-state index in [9.17, 15) is 13.6 Å². The SMILES string of the molecule is CCOc1cc(C(=O)Nc2nc(-c3ccc(OC)c(Cl)c3)cs2)ccc1OC(F)F. The van der Waals surface area contributed by atoms with Crippen LogP contribution in [0.25, 0.3) is 11.3 Å². The van der Waals surface area contributed by atoms with Gasteiger partial charge in [0.25, 0.3) is 5.91 Å². The number of halogens is 3. The smallest absolute Gasteiger partial charge is 0.387 e. The summed E-state index contributed by atoms with van der Waals surface area (Å²) in [6.45, 7) is -1.07. The van der Waals surface area contributed by atoms with Gasteiger partial charge in [0.15, 0.2) is 16.6 Å². The minimum absolute atomic E-state index is 0.0538. The highest BCUT2D eigenvalue weighted by atomic mass is 35.5. The first-order valence-electron chi connectivity index (χ1n) is 8.73. The van der Waals surface area contributed by atoms with Crippen LogP contribution in [0.15, 0.2) is 41.8 Å². The number of ether oxygens (including phenoxy) is 3. The number of rotatable bonds is 8. The number of thiazole rings is 1. The fraction of sp³-hybridized carbons (Fsp3) is 0.200. The number of amides is 1. The van der Waals surface area contributed by atoms with Crippen LogP contribution in [0.1, 0.15) is 17.3 Å². The number of nitrogens with zero attached hydrogens (tertiary/aromatic N) is 1. The molecule has 0 spiro atoms. The molecular weight excluding hydrogens is 438 g/mol. The average Bonchev–Trinajstić information content (AvgIpc) is 3.17. The third-order valence-electron chi connectivity index (χ3n) is 3.89. The van der Waals surface area contributed by atoms with Crippen LogP contribution < -0.4 is 19.5 Å².